The third-order valence-corrected chi connectivity index (χ3v) is 4.31. The van der Waals surface area contributed by atoms with Gasteiger partial charge in [-0.3, -0.25) is 14.3 Å². The Labute approximate surface area is 146 Å². The van der Waals surface area contributed by atoms with E-state index in [0.29, 0.717) is 46.1 Å². The molecule has 0 bridgehead atoms. The molecule has 2 aliphatic rings. The van der Waals surface area contributed by atoms with Crippen molar-refractivity contribution in [3.05, 3.63) is 17.5 Å². The van der Waals surface area contributed by atoms with Crippen molar-refractivity contribution in [2.45, 2.75) is 25.5 Å². The lowest BCUT2D eigenvalue weighted by Crippen LogP contribution is -2.36. The average Bonchev–Trinajstić information content (AvgIpc) is 3.28. The van der Waals surface area contributed by atoms with E-state index in [2.05, 4.69) is 10.4 Å². The van der Waals surface area contributed by atoms with E-state index in [4.69, 9.17) is 24.1 Å². The van der Waals surface area contributed by atoms with E-state index in [9.17, 15) is 4.79 Å². The molecule has 9 nitrogen and oxygen atoms in total. The molecule has 1 fully saturated rings. The molecule has 3 heterocycles. The maximum Gasteiger partial charge on any atom is 0.290 e. The van der Waals surface area contributed by atoms with Crippen LogP contribution in [0.4, 0.5) is 0 Å². The van der Waals surface area contributed by atoms with Gasteiger partial charge in [-0.05, 0) is 6.42 Å². The van der Waals surface area contributed by atoms with Crippen LogP contribution >= 0.6 is 0 Å². The monoisotopic (exact) mass is 355 g/mol. The number of hydrogen-bond donors (Lipinski definition) is 2. The Kier molecular flexibility index (Phi) is 7.83. The molecule has 9 heteroatoms. The minimum atomic E-state index is -0.250. The van der Waals surface area contributed by atoms with Crippen LogP contribution in [0.2, 0.25) is 0 Å². The van der Waals surface area contributed by atoms with Gasteiger partial charge in [-0.25, -0.2) is 0 Å². The summed E-state index contributed by atoms with van der Waals surface area (Å²) in [5, 5.41) is 14.3. The number of fused-ring (bicyclic) bond motifs is 1. The number of aromatic nitrogens is 2. The molecule has 0 saturated carbocycles. The summed E-state index contributed by atoms with van der Waals surface area (Å²) in [4.78, 5) is 20.4. The number of methoxy groups -OCH3 is 1. The highest BCUT2D eigenvalue weighted by Crippen LogP contribution is 2.26. The van der Waals surface area contributed by atoms with Crippen molar-refractivity contribution in [3.63, 3.8) is 0 Å². The summed E-state index contributed by atoms with van der Waals surface area (Å²) in [6, 6.07) is 0. The topological polar surface area (TPSA) is 112 Å². The van der Waals surface area contributed by atoms with E-state index in [1.165, 1.54) is 5.56 Å². The second kappa shape index (κ2) is 10.1. The van der Waals surface area contributed by atoms with Crippen molar-refractivity contribution in [3.8, 4) is 0 Å². The molecule has 1 aromatic rings. The number of nitrogens with one attached hydrogen (secondary N) is 1. The fourth-order valence-electron chi connectivity index (χ4n) is 2.96. The zero-order valence-corrected chi connectivity index (χ0v) is 14.3. The van der Waals surface area contributed by atoms with Crippen LogP contribution in [0.5, 0.6) is 0 Å². The molecule has 0 spiro atoms. The SMILES string of the molecule is COCCn1ncc2c1COCC2CNC(=O)C1CCOC1.O=CO. The van der Waals surface area contributed by atoms with Crippen molar-refractivity contribution in [1.82, 2.24) is 15.1 Å². The predicted molar refractivity (Wildman–Crippen MR) is 87.1 cm³/mol. The Morgan fingerprint density at radius 3 is 3.00 bits per heavy atom. The number of ether oxygens (including phenoxy) is 3. The Hall–Kier alpha value is -1.97. The van der Waals surface area contributed by atoms with Gasteiger partial charge in [0, 0.05) is 31.7 Å². The maximum absolute atomic E-state index is 12.1. The van der Waals surface area contributed by atoms with E-state index in [0.717, 1.165) is 12.1 Å². The Morgan fingerprint density at radius 1 is 1.52 bits per heavy atom. The molecule has 140 valence electrons. The van der Waals surface area contributed by atoms with Crippen LogP contribution in [0.25, 0.3) is 0 Å². The van der Waals surface area contributed by atoms with Crippen molar-refractivity contribution in [1.29, 1.82) is 0 Å². The predicted octanol–water partition coefficient (Wildman–Crippen LogP) is -0.00320. The van der Waals surface area contributed by atoms with Crippen molar-refractivity contribution in [2.75, 3.05) is 40.1 Å². The lowest BCUT2D eigenvalue weighted by Gasteiger charge is -2.24. The molecule has 3 rings (SSSR count). The number of rotatable bonds is 6. The van der Waals surface area contributed by atoms with E-state index in [1.54, 1.807) is 7.11 Å². The Morgan fingerprint density at radius 2 is 2.32 bits per heavy atom. The highest BCUT2D eigenvalue weighted by molar-refractivity contribution is 5.79. The molecule has 2 N–H and O–H groups in total. The summed E-state index contributed by atoms with van der Waals surface area (Å²) in [7, 11) is 1.68. The number of amides is 1. The average molecular weight is 355 g/mol. The molecular formula is C16H25N3O6. The molecule has 2 unspecified atom stereocenters. The minimum Gasteiger partial charge on any atom is -0.483 e. The minimum absolute atomic E-state index is 0.00611. The Balaban J connectivity index is 0.000000701. The van der Waals surface area contributed by atoms with Crippen molar-refractivity contribution >= 4 is 12.4 Å². The number of carbonyl (C=O) groups excluding carboxylic acids is 1. The van der Waals surface area contributed by atoms with Crippen molar-refractivity contribution < 1.29 is 28.9 Å². The van der Waals surface area contributed by atoms with Gasteiger partial charge in [0.15, 0.2) is 0 Å². The summed E-state index contributed by atoms with van der Waals surface area (Å²) in [6.07, 6.45) is 2.70. The van der Waals surface area contributed by atoms with E-state index >= 15 is 0 Å². The molecule has 0 aromatic carbocycles. The standard InChI is InChI=1S/C15H23N3O4.CH2O2/c1-20-5-3-18-14-10-22-9-12(13(14)7-17-18)6-16-15(19)11-2-4-21-8-11;2-1-3/h7,11-12H,2-6,8-10H2,1H3,(H,16,19);1H,(H,2,3). The van der Waals surface area contributed by atoms with Gasteiger partial charge < -0.3 is 24.6 Å². The van der Waals surface area contributed by atoms with Crippen LogP contribution in [0.15, 0.2) is 6.20 Å². The quantitative estimate of drug-likeness (QED) is 0.691. The van der Waals surface area contributed by atoms with Gasteiger partial charge in [-0.2, -0.15) is 5.10 Å². The summed E-state index contributed by atoms with van der Waals surface area (Å²) in [6.45, 7) is 4.07. The summed E-state index contributed by atoms with van der Waals surface area (Å²) in [5.41, 5.74) is 2.26. The second-order valence-corrected chi connectivity index (χ2v) is 5.89. The van der Waals surface area contributed by atoms with Crippen LogP contribution in [-0.4, -0.2) is 67.3 Å². The fourth-order valence-corrected chi connectivity index (χ4v) is 2.96. The largest absolute Gasteiger partial charge is 0.483 e. The molecular weight excluding hydrogens is 330 g/mol. The first-order chi connectivity index (χ1) is 12.2. The molecule has 0 aliphatic carbocycles. The number of carbonyl (C=O) groups is 2. The first-order valence-electron chi connectivity index (χ1n) is 8.25. The number of carboxylic acid groups (broad SMARTS) is 1. The molecule has 1 saturated heterocycles. The lowest BCUT2D eigenvalue weighted by molar-refractivity contribution is -0.125. The zero-order valence-electron chi connectivity index (χ0n) is 14.3. The zero-order chi connectivity index (χ0) is 18.1. The first kappa shape index (κ1) is 19.4. The molecule has 0 radical (unpaired) electrons. The number of nitrogens with zero attached hydrogens (tertiary/aromatic N) is 2. The summed E-state index contributed by atoms with van der Waals surface area (Å²) in [5.74, 6) is 0.233. The van der Waals surface area contributed by atoms with Gasteiger partial charge >= 0.3 is 0 Å². The Bertz CT molecular complexity index is 556. The molecule has 1 aromatic heterocycles. The van der Waals surface area contributed by atoms with E-state index in [1.807, 2.05) is 10.9 Å². The van der Waals surface area contributed by atoms with Gasteiger partial charge in [0.05, 0.1) is 50.8 Å². The normalized spacial score (nSPS) is 21.8. The van der Waals surface area contributed by atoms with Crippen LogP contribution in [0, 0.1) is 5.92 Å². The summed E-state index contributed by atoms with van der Waals surface area (Å²) < 4.78 is 18.0. The fraction of sp³-hybridized carbons (Fsp3) is 0.688. The maximum atomic E-state index is 12.1. The second-order valence-electron chi connectivity index (χ2n) is 5.89. The van der Waals surface area contributed by atoms with Crippen LogP contribution in [0.1, 0.15) is 23.6 Å². The van der Waals surface area contributed by atoms with Crippen LogP contribution < -0.4 is 5.32 Å². The van der Waals surface area contributed by atoms with E-state index in [-0.39, 0.29) is 24.2 Å². The van der Waals surface area contributed by atoms with Gasteiger partial charge in [0.25, 0.3) is 6.47 Å². The first-order valence-corrected chi connectivity index (χ1v) is 8.25. The van der Waals surface area contributed by atoms with E-state index < -0.39 is 0 Å². The molecule has 2 aliphatic heterocycles. The van der Waals surface area contributed by atoms with Crippen LogP contribution in [-0.2, 0) is 37.0 Å². The lowest BCUT2D eigenvalue weighted by atomic mass is 9.98. The molecule has 2 atom stereocenters. The summed E-state index contributed by atoms with van der Waals surface area (Å²) >= 11 is 0. The van der Waals surface area contributed by atoms with Crippen molar-refractivity contribution in [2.24, 2.45) is 5.92 Å². The highest BCUT2D eigenvalue weighted by Gasteiger charge is 2.27. The van der Waals surface area contributed by atoms with Gasteiger partial charge in [0.1, 0.15) is 0 Å². The van der Waals surface area contributed by atoms with Gasteiger partial charge in [-0.1, -0.05) is 0 Å². The smallest absolute Gasteiger partial charge is 0.290 e. The highest BCUT2D eigenvalue weighted by atomic mass is 16.5. The third-order valence-electron chi connectivity index (χ3n) is 4.31. The van der Waals surface area contributed by atoms with Crippen LogP contribution in [0.3, 0.4) is 0 Å². The van der Waals surface area contributed by atoms with Gasteiger partial charge in [0.2, 0.25) is 5.91 Å². The number of hydrogen-bond acceptors (Lipinski definition) is 6. The molecule has 1 amide bonds. The van der Waals surface area contributed by atoms with Gasteiger partial charge in [-0.15, -0.1) is 0 Å². The third kappa shape index (κ3) is 5.25. The molecule has 25 heavy (non-hydrogen) atoms.